The van der Waals surface area contributed by atoms with Crippen LogP contribution in [0, 0.1) is 0 Å². The summed E-state index contributed by atoms with van der Waals surface area (Å²) < 4.78 is 7.05. The van der Waals surface area contributed by atoms with E-state index in [1.807, 2.05) is 30.9 Å². The zero-order valence-electron chi connectivity index (χ0n) is 13.1. The van der Waals surface area contributed by atoms with E-state index in [0.29, 0.717) is 6.04 Å². The summed E-state index contributed by atoms with van der Waals surface area (Å²) in [6.45, 7) is 3.09. The van der Waals surface area contributed by atoms with Gasteiger partial charge in [-0.3, -0.25) is 4.90 Å². The van der Waals surface area contributed by atoms with Gasteiger partial charge in [0.1, 0.15) is 11.0 Å². The molecule has 1 unspecified atom stereocenters. The zero-order chi connectivity index (χ0) is 15.5. The fraction of sp³-hybridized carbons (Fsp3) is 0.471. The highest BCUT2D eigenvalue weighted by atomic mass is 16.6. The van der Waals surface area contributed by atoms with E-state index in [-0.39, 0.29) is 0 Å². The molecule has 1 saturated heterocycles. The number of rotatable bonds is 5. The molecule has 3 heterocycles. The largest absolute Gasteiger partial charge is 0.337 e. The standard InChI is InChI=1S/C17H21N5O/c1-2-9-22(15(5-1)7-10-21-11-8-18-13-21)12-14-4-3-6-16-17(14)20-23-19-16/h3-4,6,8,11,13,15H,1-2,5,7,9-10,12H2. The van der Waals surface area contributed by atoms with E-state index in [1.165, 1.54) is 24.8 Å². The van der Waals surface area contributed by atoms with Crippen LogP contribution in [0.5, 0.6) is 0 Å². The Morgan fingerprint density at radius 2 is 2.22 bits per heavy atom. The Morgan fingerprint density at radius 1 is 1.22 bits per heavy atom. The monoisotopic (exact) mass is 311 g/mol. The number of aromatic nitrogens is 4. The predicted octanol–water partition coefficient (Wildman–Crippen LogP) is 2.86. The summed E-state index contributed by atoms with van der Waals surface area (Å²) in [4.78, 5) is 6.71. The van der Waals surface area contributed by atoms with Gasteiger partial charge in [0.2, 0.25) is 0 Å². The number of nitrogens with zero attached hydrogens (tertiary/aromatic N) is 5. The van der Waals surface area contributed by atoms with Gasteiger partial charge in [0.15, 0.2) is 0 Å². The molecule has 1 aliphatic rings. The molecule has 4 rings (SSSR count). The molecular weight excluding hydrogens is 290 g/mol. The molecule has 1 atom stereocenters. The van der Waals surface area contributed by atoms with E-state index in [0.717, 1.165) is 37.1 Å². The minimum absolute atomic E-state index is 0.612. The Labute approximate surface area is 135 Å². The van der Waals surface area contributed by atoms with Gasteiger partial charge in [-0.15, -0.1) is 0 Å². The van der Waals surface area contributed by atoms with Crippen molar-refractivity contribution in [1.29, 1.82) is 0 Å². The molecule has 6 heteroatoms. The maximum atomic E-state index is 4.89. The van der Waals surface area contributed by atoms with Crippen molar-refractivity contribution in [2.45, 2.75) is 44.8 Å². The molecule has 0 aliphatic carbocycles. The number of imidazole rings is 1. The van der Waals surface area contributed by atoms with Gasteiger partial charge in [0.25, 0.3) is 0 Å². The smallest absolute Gasteiger partial charge is 0.139 e. The summed E-state index contributed by atoms with van der Waals surface area (Å²) in [6.07, 6.45) is 10.8. The first-order valence-electron chi connectivity index (χ1n) is 8.30. The number of likely N-dealkylation sites (tertiary alicyclic amines) is 1. The lowest BCUT2D eigenvalue weighted by Crippen LogP contribution is -2.39. The number of piperidine rings is 1. The van der Waals surface area contributed by atoms with Crippen LogP contribution in [-0.4, -0.2) is 37.4 Å². The summed E-state index contributed by atoms with van der Waals surface area (Å²) in [6, 6.07) is 6.73. The molecule has 23 heavy (non-hydrogen) atoms. The number of benzene rings is 1. The van der Waals surface area contributed by atoms with Gasteiger partial charge < -0.3 is 4.57 Å². The summed E-state index contributed by atoms with van der Waals surface area (Å²) in [5, 5.41) is 8.02. The Kier molecular flexibility index (Phi) is 4.06. The Hall–Kier alpha value is -2.21. The molecule has 6 nitrogen and oxygen atoms in total. The van der Waals surface area contributed by atoms with E-state index in [2.05, 4.69) is 30.8 Å². The van der Waals surface area contributed by atoms with Crippen molar-refractivity contribution in [3.63, 3.8) is 0 Å². The lowest BCUT2D eigenvalue weighted by Gasteiger charge is -2.36. The van der Waals surface area contributed by atoms with Crippen molar-refractivity contribution >= 4 is 11.0 Å². The van der Waals surface area contributed by atoms with Crippen LogP contribution >= 0.6 is 0 Å². The van der Waals surface area contributed by atoms with E-state index in [9.17, 15) is 0 Å². The third-order valence-corrected chi connectivity index (χ3v) is 4.77. The van der Waals surface area contributed by atoms with Crippen LogP contribution in [0.15, 0.2) is 41.5 Å². The quantitative estimate of drug-likeness (QED) is 0.725. The summed E-state index contributed by atoms with van der Waals surface area (Å²) in [7, 11) is 0. The first kappa shape index (κ1) is 14.4. The fourth-order valence-electron chi connectivity index (χ4n) is 3.52. The van der Waals surface area contributed by atoms with Crippen LogP contribution in [0.1, 0.15) is 31.2 Å². The molecule has 0 bridgehead atoms. The molecule has 0 N–H and O–H groups in total. The van der Waals surface area contributed by atoms with Crippen molar-refractivity contribution in [3.05, 3.63) is 42.5 Å². The van der Waals surface area contributed by atoms with E-state index < -0.39 is 0 Å². The fourth-order valence-corrected chi connectivity index (χ4v) is 3.52. The highest BCUT2D eigenvalue weighted by Crippen LogP contribution is 2.24. The minimum Gasteiger partial charge on any atom is -0.337 e. The molecule has 1 aliphatic heterocycles. The van der Waals surface area contributed by atoms with Gasteiger partial charge in [0, 0.05) is 31.5 Å². The molecule has 2 aromatic heterocycles. The topological polar surface area (TPSA) is 60.0 Å². The molecule has 120 valence electrons. The Bertz CT molecular complexity index is 751. The maximum Gasteiger partial charge on any atom is 0.139 e. The highest BCUT2D eigenvalue weighted by molar-refractivity contribution is 5.76. The molecule has 0 spiro atoms. The third-order valence-electron chi connectivity index (χ3n) is 4.77. The second kappa shape index (κ2) is 6.50. The lowest BCUT2D eigenvalue weighted by molar-refractivity contribution is 0.128. The molecule has 0 saturated carbocycles. The summed E-state index contributed by atoms with van der Waals surface area (Å²) in [5.41, 5.74) is 2.94. The third kappa shape index (κ3) is 3.12. The molecule has 1 aromatic carbocycles. The Balaban J connectivity index is 1.48. The van der Waals surface area contributed by atoms with Crippen LogP contribution in [0.2, 0.25) is 0 Å². The van der Waals surface area contributed by atoms with Crippen molar-refractivity contribution < 1.29 is 4.63 Å². The van der Waals surface area contributed by atoms with Crippen LogP contribution in [0.3, 0.4) is 0 Å². The van der Waals surface area contributed by atoms with Gasteiger partial charge in [-0.1, -0.05) is 18.6 Å². The summed E-state index contributed by atoms with van der Waals surface area (Å²) >= 11 is 0. The maximum absolute atomic E-state index is 4.89. The van der Waals surface area contributed by atoms with E-state index in [4.69, 9.17) is 4.63 Å². The highest BCUT2D eigenvalue weighted by Gasteiger charge is 2.23. The molecule has 1 fully saturated rings. The van der Waals surface area contributed by atoms with Crippen LogP contribution in [-0.2, 0) is 13.1 Å². The average Bonchev–Trinajstić information content (AvgIpc) is 3.26. The summed E-state index contributed by atoms with van der Waals surface area (Å²) in [5.74, 6) is 0. The average molecular weight is 311 g/mol. The number of fused-ring (bicyclic) bond motifs is 1. The number of hydrogen-bond acceptors (Lipinski definition) is 5. The molecule has 0 amide bonds. The van der Waals surface area contributed by atoms with Crippen LogP contribution in [0.25, 0.3) is 11.0 Å². The normalized spacial score (nSPS) is 19.4. The first-order valence-corrected chi connectivity index (χ1v) is 8.30. The zero-order valence-corrected chi connectivity index (χ0v) is 13.1. The first-order chi connectivity index (χ1) is 11.4. The SMILES string of the molecule is c1cc(CN2CCCCC2CCn2ccnc2)c2nonc2c1. The van der Waals surface area contributed by atoms with E-state index >= 15 is 0 Å². The van der Waals surface area contributed by atoms with Crippen LogP contribution in [0.4, 0.5) is 0 Å². The van der Waals surface area contributed by atoms with Crippen molar-refractivity contribution in [3.8, 4) is 0 Å². The van der Waals surface area contributed by atoms with Crippen molar-refractivity contribution in [2.24, 2.45) is 0 Å². The molecule has 3 aromatic rings. The van der Waals surface area contributed by atoms with Crippen molar-refractivity contribution in [2.75, 3.05) is 6.54 Å². The van der Waals surface area contributed by atoms with Crippen molar-refractivity contribution in [1.82, 2.24) is 24.8 Å². The second-order valence-electron chi connectivity index (χ2n) is 6.26. The second-order valence-corrected chi connectivity index (χ2v) is 6.26. The lowest BCUT2D eigenvalue weighted by atomic mass is 9.98. The van der Waals surface area contributed by atoms with Gasteiger partial charge in [-0.05, 0) is 47.8 Å². The number of hydrogen-bond donors (Lipinski definition) is 0. The van der Waals surface area contributed by atoms with Gasteiger partial charge >= 0.3 is 0 Å². The van der Waals surface area contributed by atoms with Gasteiger partial charge in [0.05, 0.1) is 6.33 Å². The Morgan fingerprint density at radius 3 is 3.13 bits per heavy atom. The molecular formula is C17H21N5O. The minimum atomic E-state index is 0.612. The van der Waals surface area contributed by atoms with E-state index in [1.54, 1.807) is 0 Å². The van der Waals surface area contributed by atoms with Crippen LogP contribution < -0.4 is 0 Å². The van der Waals surface area contributed by atoms with Gasteiger partial charge in [-0.25, -0.2) is 9.61 Å². The molecule has 0 radical (unpaired) electrons. The number of aryl methyl sites for hydroxylation is 1. The predicted molar refractivity (Wildman–Crippen MR) is 86.7 cm³/mol. The van der Waals surface area contributed by atoms with Gasteiger partial charge in [-0.2, -0.15) is 0 Å².